The van der Waals surface area contributed by atoms with Gasteiger partial charge in [0.2, 0.25) is 0 Å². The first-order valence-corrected chi connectivity index (χ1v) is 16.9. The van der Waals surface area contributed by atoms with E-state index < -0.39 is 10.8 Å². The average molecular weight is 825 g/mol. The van der Waals surface area contributed by atoms with E-state index in [1.54, 1.807) is 0 Å². The summed E-state index contributed by atoms with van der Waals surface area (Å²) >= 11 is 0. The Labute approximate surface area is 305 Å². The number of carbonyl (C=O) groups is 2. The first kappa shape index (κ1) is 42.8. The molecule has 0 spiro atoms. The molecule has 261 valence electrons. The van der Waals surface area contributed by atoms with Crippen LogP contribution in [0.15, 0.2) is 60.9 Å². The Bertz CT molecular complexity index is 1470. The molecular formula is C43H56IrN2O2-2. The van der Waals surface area contributed by atoms with Crippen molar-refractivity contribution in [3.05, 3.63) is 106 Å². The Morgan fingerprint density at radius 1 is 0.604 bits per heavy atom. The molecule has 5 heteroatoms. The van der Waals surface area contributed by atoms with Crippen molar-refractivity contribution in [1.82, 2.24) is 9.97 Å². The summed E-state index contributed by atoms with van der Waals surface area (Å²) in [6.45, 7) is 23.8. The molecular weight excluding hydrogens is 769 g/mol. The van der Waals surface area contributed by atoms with Crippen LogP contribution in [0.1, 0.15) is 108 Å². The summed E-state index contributed by atoms with van der Waals surface area (Å²) in [5.41, 5.74) is 11.0. The van der Waals surface area contributed by atoms with Gasteiger partial charge in [-0.25, -0.2) is 0 Å². The van der Waals surface area contributed by atoms with Gasteiger partial charge in [-0.2, -0.15) is 0 Å². The number of aryl methyl sites for hydroxylation is 6. The van der Waals surface area contributed by atoms with Crippen molar-refractivity contribution in [3.63, 3.8) is 0 Å². The van der Waals surface area contributed by atoms with Crippen LogP contribution in [-0.4, -0.2) is 21.5 Å². The summed E-state index contributed by atoms with van der Waals surface area (Å²) in [6.07, 6.45) is 8.41. The molecule has 0 bridgehead atoms. The fourth-order valence-electron chi connectivity index (χ4n) is 4.87. The van der Waals surface area contributed by atoms with Gasteiger partial charge in [-0.3, -0.25) is 9.59 Å². The van der Waals surface area contributed by atoms with Crippen molar-refractivity contribution >= 4 is 11.6 Å². The zero-order chi connectivity index (χ0) is 35.4. The summed E-state index contributed by atoms with van der Waals surface area (Å²) in [5.74, 6) is 0.0415. The molecule has 0 N–H and O–H groups in total. The maximum atomic E-state index is 11.5. The molecule has 1 radical (unpaired) electrons. The van der Waals surface area contributed by atoms with Gasteiger partial charge in [0.25, 0.3) is 0 Å². The van der Waals surface area contributed by atoms with Gasteiger partial charge in [0.1, 0.15) is 11.6 Å². The minimum absolute atomic E-state index is 0. The SMILES string of the molecule is CC(C)(C)C(=O)CC(=O)C(C)(C)C.CCCc1ccnc(-c2[c-]c(C)cc(C)c2)c1.CCCc1ccnc(-c2[c-]c(C)cc(C)c2)c1.[Ir]. The van der Waals surface area contributed by atoms with Crippen LogP contribution >= 0.6 is 0 Å². The van der Waals surface area contributed by atoms with E-state index in [4.69, 9.17) is 0 Å². The predicted molar refractivity (Wildman–Crippen MR) is 197 cm³/mol. The van der Waals surface area contributed by atoms with E-state index >= 15 is 0 Å². The number of nitrogens with zero attached hydrogens (tertiary/aromatic N) is 2. The maximum Gasteiger partial charge on any atom is 0.145 e. The Morgan fingerprint density at radius 2 is 0.958 bits per heavy atom. The minimum Gasteiger partial charge on any atom is -0.305 e. The van der Waals surface area contributed by atoms with Crippen molar-refractivity contribution in [3.8, 4) is 22.5 Å². The molecule has 2 heterocycles. The predicted octanol–water partition coefficient (Wildman–Crippen LogP) is 10.8. The quantitative estimate of drug-likeness (QED) is 0.131. The number of aromatic nitrogens is 2. The summed E-state index contributed by atoms with van der Waals surface area (Å²) in [5, 5.41) is 0. The standard InChI is InChI=1S/2C16H18N.C11H20O2.Ir/c2*1-4-5-14-6-7-17-16(11-14)15-9-12(2)8-13(3)10-15;1-10(2,3)8(12)7-9(13)11(4,5)6;/h2*6-9,11H,4-5H2,1-3H3;7H2,1-6H3;/q2*-1;;. The number of ketones is 2. The van der Waals surface area contributed by atoms with Gasteiger partial charge in [0.05, 0.1) is 6.42 Å². The van der Waals surface area contributed by atoms with Gasteiger partial charge in [-0.15, -0.1) is 69.8 Å². The van der Waals surface area contributed by atoms with E-state index in [0.717, 1.165) is 35.4 Å². The number of hydrogen-bond acceptors (Lipinski definition) is 4. The van der Waals surface area contributed by atoms with E-state index in [9.17, 15) is 9.59 Å². The molecule has 0 aliphatic carbocycles. The molecule has 2 aromatic carbocycles. The number of pyridine rings is 2. The summed E-state index contributed by atoms with van der Waals surface area (Å²) in [7, 11) is 0. The monoisotopic (exact) mass is 825 g/mol. The van der Waals surface area contributed by atoms with Crippen LogP contribution in [0.2, 0.25) is 0 Å². The van der Waals surface area contributed by atoms with Crippen LogP contribution in [0.4, 0.5) is 0 Å². The van der Waals surface area contributed by atoms with Crippen molar-refractivity contribution in [2.75, 3.05) is 0 Å². The van der Waals surface area contributed by atoms with E-state index in [0.29, 0.717) is 0 Å². The van der Waals surface area contributed by atoms with Gasteiger partial charge in [0, 0.05) is 43.3 Å². The Morgan fingerprint density at radius 3 is 1.25 bits per heavy atom. The largest absolute Gasteiger partial charge is 0.305 e. The summed E-state index contributed by atoms with van der Waals surface area (Å²) in [4.78, 5) is 31.9. The van der Waals surface area contributed by atoms with Gasteiger partial charge < -0.3 is 9.97 Å². The molecule has 4 nitrogen and oxygen atoms in total. The fraction of sp³-hybridized carbons (Fsp3) is 0.442. The summed E-state index contributed by atoms with van der Waals surface area (Å²) in [6, 6.07) is 23.8. The minimum atomic E-state index is -0.402. The second-order valence-corrected chi connectivity index (χ2v) is 14.6. The van der Waals surface area contributed by atoms with Crippen molar-refractivity contribution in [2.45, 2.75) is 115 Å². The number of benzene rings is 2. The van der Waals surface area contributed by atoms with Crippen LogP contribution in [0, 0.1) is 50.7 Å². The summed E-state index contributed by atoms with van der Waals surface area (Å²) < 4.78 is 0. The average Bonchev–Trinajstić information content (AvgIpc) is 2.96. The van der Waals surface area contributed by atoms with E-state index in [1.807, 2.05) is 53.9 Å². The van der Waals surface area contributed by atoms with Gasteiger partial charge in [-0.05, 0) is 36.4 Å². The van der Waals surface area contributed by atoms with Gasteiger partial charge in [-0.1, -0.05) is 119 Å². The molecule has 0 saturated carbocycles. The van der Waals surface area contributed by atoms with Crippen molar-refractivity contribution < 1.29 is 29.7 Å². The van der Waals surface area contributed by atoms with Crippen LogP contribution < -0.4 is 0 Å². The number of hydrogen-bond donors (Lipinski definition) is 0. The maximum absolute atomic E-state index is 11.5. The van der Waals surface area contributed by atoms with Crippen molar-refractivity contribution in [1.29, 1.82) is 0 Å². The molecule has 4 rings (SSSR count). The molecule has 0 unspecified atom stereocenters. The Balaban J connectivity index is 0.000000361. The van der Waals surface area contributed by atoms with E-state index in [-0.39, 0.29) is 38.1 Å². The fourth-order valence-corrected chi connectivity index (χ4v) is 4.87. The Hall–Kier alpha value is -3.27. The normalized spacial score (nSPS) is 10.9. The molecule has 0 aliphatic rings. The van der Waals surface area contributed by atoms with E-state index in [1.165, 1.54) is 46.2 Å². The molecule has 0 saturated heterocycles. The first-order valence-electron chi connectivity index (χ1n) is 16.9. The van der Waals surface area contributed by atoms with Crippen LogP contribution in [0.5, 0.6) is 0 Å². The number of carbonyl (C=O) groups excluding carboxylic acids is 2. The smallest absolute Gasteiger partial charge is 0.145 e. The van der Waals surface area contributed by atoms with Crippen molar-refractivity contribution in [2.24, 2.45) is 10.8 Å². The zero-order valence-electron chi connectivity index (χ0n) is 31.4. The molecule has 0 fully saturated rings. The topological polar surface area (TPSA) is 59.9 Å². The van der Waals surface area contributed by atoms with Crippen LogP contribution in [0.3, 0.4) is 0 Å². The van der Waals surface area contributed by atoms with Crippen LogP contribution in [0.25, 0.3) is 22.5 Å². The number of Topliss-reactive ketones (excluding diaryl/α,β-unsaturated/α-hetero) is 2. The van der Waals surface area contributed by atoms with Crippen LogP contribution in [-0.2, 0) is 42.5 Å². The molecule has 2 aromatic heterocycles. The molecule has 4 aromatic rings. The first-order chi connectivity index (χ1) is 21.9. The third kappa shape index (κ3) is 14.9. The van der Waals surface area contributed by atoms with Gasteiger partial charge in [0.15, 0.2) is 0 Å². The third-order valence-electron chi connectivity index (χ3n) is 7.57. The van der Waals surface area contributed by atoms with Gasteiger partial charge >= 0.3 is 0 Å². The third-order valence-corrected chi connectivity index (χ3v) is 7.57. The molecule has 0 amide bonds. The second kappa shape index (κ2) is 19.7. The Kier molecular flexibility index (Phi) is 17.5. The zero-order valence-corrected chi connectivity index (χ0v) is 33.7. The second-order valence-electron chi connectivity index (χ2n) is 14.6. The molecule has 0 atom stereocenters. The number of rotatable bonds is 8. The molecule has 48 heavy (non-hydrogen) atoms. The van der Waals surface area contributed by atoms with E-state index in [2.05, 4.69) is 112 Å². The molecule has 0 aliphatic heterocycles.